The molecule has 0 unspecified atom stereocenters. The molecule has 0 fully saturated rings. The van der Waals surface area contributed by atoms with Gasteiger partial charge in [-0.3, -0.25) is 0 Å². The smallest absolute Gasteiger partial charge is 0.336 e. The summed E-state index contributed by atoms with van der Waals surface area (Å²) in [5.41, 5.74) is 2.76. The lowest BCUT2D eigenvalue weighted by Crippen LogP contribution is -1.99. The highest BCUT2D eigenvalue weighted by molar-refractivity contribution is 6.42. The molecule has 0 aliphatic heterocycles. The van der Waals surface area contributed by atoms with Crippen molar-refractivity contribution in [3.63, 3.8) is 0 Å². The Morgan fingerprint density at radius 2 is 1.67 bits per heavy atom. The minimum atomic E-state index is -0.400. The van der Waals surface area contributed by atoms with Crippen molar-refractivity contribution in [2.24, 2.45) is 0 Å². The Hall–Kier alpha value is -2.75. The minimum Gasteiger partial charge on any atom is -0.489 e. The van der Waals surface area contributed by atoms with Crippen LogP contribution in [0.2, 0.25) is 10.0 Å². The van der Waals surface area contributed by atoms with E-state index in [1.807, 2.05) is 48.5 Å². The Morgan fingerprint density at radius 1 is 0.852 bits per heavy atom. The van der Waals surface area contributed by atoms with Crippen LogP contribution in [0.3, 0.4) is 0 Å². The van der Waals surface area contributed by atoms with Crippen LogP contribution in [0.25, 0.3) is 22.1 Å². The van der Waals surface area contributed by atoms with E-state index in [1.165, 1.54) is 6.07 Å². The van der Waals surface area contributed by atoms with E-state index < -0.39 is 5.63 Å². The molecule has 27 heavy (non-hydrogen) atoms. The van der Waals surface area contributed by atoms with Gasteiger partial charge in [-0.15, -0.1) is 0 Å². The molecule has 0 aliphatic rings. The van der Waals surface area contributed by atoms with E-state index in [0.717, 1.165) is 22.1 Å². The summed E-state index contributed by atoms with van der Waals surface area (Å²) in [7, 11) is 0. The molecule has 1 aromatic heterocycles. The zero-order chi connectivity index (χ0) is 18.8. The lowest BCUT2D eigenvalue weighted by atomic mass is 10.0. The summed E-state index contributed by atoms with van der Waals surface area (Å²) < 4.78 is 11.2. The van der Waals surface area contributed by atoms with Crippen LogP contribution in [-0.4, -0.2) is 0 Å². The van der Waals surface area contributed by atoms with Crippen LogP contribution in [0.15, 0.2) is 82.0 Å². The Morgan fingerprint density at radius 3 is 2.44 bits per heavy atom. The largest absolute Gasteiger partial charge is 0.489 e. The molecular formula is C22H14Cl2O3. The van der Waals surface area contributed by atoms with Gasteiger partial charge in [0.05, 0.1) is 10.0 Å². The first-order valence-corrected chi connectivity index (χ1v) is 9.06. The van der Waals surface area contributed by atoms with Crippen LogP contribution in [0, 0.1) is 0 Å². The summed E-state index contributed by atoms with van der Waals surface area (Å²) in [5, 5.41) is 1.83. The van der Waals surface area contributed by atoms with E-state index in [9.17, 15) is 4.79 Å². The first kappa shape index (κ1) is 17.7. The molecule has 0 amide bonds. The molecule has 5 heteroatoms. The third kappa shape index (κ3) is 3.85. The van der Waals surface area contributed by atoms with Gasteiger partial charge in [-0.2, -0.15) is 0 Å². The topological polar surface area (TPSA) is 39.4 Å². The Kier molecular flexibility index (Phi) is 4.88. The maximum absolute atomic E-state index is 12.0. The second kappa shape index (κ2) is 7.47. The fourth-order valence-corrected chi connectivity index (χ4v) is 3.21. The van der Waals surface area contributed by atoms with E-state index in [-0.39, 0.29) is 0 Å². The Balaban J connectivity index is 1.66. The van der Waals surface area contributed by atoms with Crippen LogP contribution >= 0.6 is 23.2 Å². The van der Waals surface area contributed by atoms with Gasteiger partial charge < -0.3 is 9.15 Å². The number of benzene rings is 3. The van der Waals surface area contributed by atoms with Crippen LogP contribution in [0.5, 0.6) is 5.75 Å². The van der Waals surface area contributed by atoms with Crippen molar-refractivity contribution in [1.82, 2.24) is 0 Å². The highest BCUT2D eigenvalue weighted by Gasteiger charge is 2.09. The van der Waals surface area contributed by atoms with Crippen LogP contribution in [0.1, 0.15) is 5.56 Å². The van der Waals surface area contributed by atoms with Crippen molar-refractivity contribution in [3.05, 3.63) is 98.8 Å². The van der Waals surface area contributed by atoms with Gasteiger partial charge in [-0.25, -0.2) is 4.79 Å². The molecular weight excluding hydrogens is 383 g/mol. The third-order valence-corrected chi connectivity index (χ3v) is 4.93. The molecule has 3 nitrogen and oxygen atoms in total. The molecule has 1 heterocycles. The molecule has 0 N–H and O–H groups in total. The molecule has 3 aromatic carbocycles. The maximum Gasteiger partial charge on any atom is 0.336 e. The van der Waals surface area contributed by atoms with Gasteiger partial charge in [0.25, 0.3) is 0 Å². The normalized spacial score (nSPS) is 10.9. The average Bonchev–Trinajstić information content (AvgIpc) is 2.68. The van der Waals surface area contributed by atoms with Crippen molar-refractivity contribution in [2.45, 2.75) is 6.61 Å². The van der Waals surface area contributed by atoms with Crippen molar-refractivity contribution in [2.75, 3.05) is 0 Å². The molecule has 4 rings (SSSR count). The SMILES string of the molecule is O=c1cc(-c2ccccc2)c2ccc(OCc3ccc(Cl)c(Cl)c3)cc2o1. The summed E-state index contributed by atoms with van der Waals surface area (Å²) in [5.74, 6) is 0.599. The predicted molar refractivity (Wildman–Crippen MR) is 109 cm³/mol. The van der Waals surface area contributed by atoms with Crippen LogP contribution in [-0.2, 0) is 6.61 Å². The first-order chi connectivity index (χ1) is 13.1. The zero-order valence-electron chi connectivity index (χ0n) is 14.1. The molecule has 0 spiro atoms. The van der Waals surface area contributed by atoms with Gasteiger partial charge >= 0.3 is 5.63 Å². The number of rotatable bonds is 4. The van der Waals surface area contributed by atoms with E-state index >= 15 is 0 Å². The Labute approximate surface area is 165 Å². The number of ether oxygens (including phenoxy) is 1. The van der Waals surface area contributed by atoms with E-state index in [2.05, 4.69) is 0 Å². The number of hydrogen-bond acceptors (Lipinski definition) is 3. The highest BCUT2D eigenvalue weighted by atomic mass is 35.5. The molecule has 0 aliphatic carbocycles. The number of hydrogen-bond donors (Lipinski definition) is 0. The number of halogens is 2. The summed E-state index contributed by atoms with van der Waals surface area (Å²) in [6.07, 6.45) is 0. The van der Waals surface area contributed by atoms with Crippen molar-refractivity contribution >= 4 is 34.2 Å². The molecule has 0 saturated carbocycles. The molecule has 0 atom stereocenters. The molecule has 0 radical (unpaired) electrons. The molecule has 4 aromatic rings. The highest BCUT2D eigenvalue weighted by Crippen LogP contribution is 2.30. The minimum absolute atomic E-state index is 0.324. The number of fused-ring (bicyclic) bond motifs is 1. The fraction of sp³-hybridized carbons (Fsp3) is 0.0455. The van der Waals surface area contributed by atoms with Crippen molar-refractivity contribution in [1.29, 1.82) is 0 Å². The summed E-state index contributed by atoms with van der Waals surface area (Å²) in [4.78, 5) is 12.0. The quantitative estimate of drug-likeness (QED) is 0.377. The lowest BCUT2D eigenvalue weighted by molar-refractivity contribution is 0.306. The van der Waals surface area contributed by atoms with Crippen LogP contribution < -0.4 is 10.4 Å². The van der Waals surface area contributed by atoms with Gasteiger partial charge in [0.1, 0.15) is 17.9 Å². The zero-order valence-corrected chi connectivity index (χ0v) is 15.6. The van der Waals surface area contributed by atoms with E-state index in [4.69, 9.17) is 32.4 Å². The first-order valence-electron chi connectivity index (χ1n) is 8.30. The Bertz CT molecular complexity index is 1170. The van der Waals surface area contributed by atoms with Gasteiger partial charge in [0, 0.05) is 17.5 Å². The van der Waals surface area contributed by atoms with Crippen molar-refractivity contribution in [3.8, 4) is 16.9 Å². The molecule has 0 bridgehead atoms. The maximum atomic E-state index is 12.0. The monoisotopic (exact) mass is 396 g/mol. The third-order valence-electron chi connectivity index (χ3n) is 4.19. The molecule has 0 saturated heterocycles. The summed E-state index contributed by atoms with van der Waals surface area (Å²) >= 11 is 12.0. The van der Waals surface area contributed by atoms with Gasteiger partial charge in [-0.1, -0.05) is 59.6 Å². The predicted octanol–water partition coefficient (Wildman–Crippen LogP) is 6.35. The molecule has 134 valence electrons. The van der Waals surface area contributed by atoms with Gasteiger partial charge in [0.15, 0.2) is 0 Å². The fourth-order valence-electron chi connectivity index (χ4n) is 2.89. The van der Waals surface area contributed by atoms with Gasteiger partial charge in [0.2, 0.25) is 0 Å². The van der Waals surface area contributed by atoms with Crippen molar-refractivity contribution < 1.29 is 9.15 Å². The standard InChI is InChI=1S/C22H14Cl2O3/c23-19-9-6-14(10-20(19)24)13-26-16-7-8-17-18(15-4-2-1-3-5-15)12-22(25)27-21(17)11-16/h1-12H,13H2. The summed E-state index contributed by atoms with van der Waals surface area (Å²) in [6.45, 7) is 0.324. The second-order valence-electron chi connectivity index (χ2n) is 6.04. The summed E-state index contributed by atoms with van der Waals surface area (Å²) in [6, 6.07) is 22.0. The average molecular weight is 397 g/mol. The van der Waals surface area contributed by atoms with E-state index in [1.54, 1.807) is 18.2 Å². The van der Waals surface area contributed by atoms with Gasteiger partial charge in [-0.05, 0) is 41.0 Å². The van der Waals surface area contributed by atoms with Crippen LogP contribution in [0.4, 0.5) is 0 Å². The lowest BCUT2D eigenvalue weighted by Gasteiger charge is -2.10. The van der Waals surface area contributed by atoms with E-state index in [0.29, 0.717) is 28.0 Å². The second-order valence-corrected chi connectivity index (χ2v) is 6.85.